The molecule has 106 valence electrons. The minimum Gasteiger partial charge on any atom is -0.377 e. The third kappa shape index (κ3) is 4.23. The largest absolute Gasteiger partial charge is 0.377 e. The molecule has 1 heterocycles. The van der Waals surface area contributed by atoms with Gasteiger partial charge in [0.1, 0.15) is 0 Å². The molecule has 0 spiro atoms. The van der Waals surface area contributed by atoms with Crippen molar-refractivity contribution in [2.24, 2.45) is 5.73 Å². The van der Waals surface area contributed by atoms with E-state index in [2.05, 4.69) is 4.90 Å². The minimum atomic E-state index is 0.0556. The van der Waals surface area contributed by atoms with E-state index in [1.54, 1.807) is 4.90 Å². The molecular formula is C13H27N3O2. The van der Waals surface area contributed by atoms with Gasteiger partial charge in [-0.3, -0.25) is 9.69 Å². The van der Waals surface area contributed by atoms with Crippen LogP contribution in [0.4, 0.5) is 0 Å². The van der Waals surface area contributed by atoms with Crippen molar-refractivity contribution < 1.29 is 9.53 Å². The number of amides is 1. The van der Waals surface area contributed by atoms with Gasteiger partial charge in [0.05, 0.1) is 12.1 Å². The molecule has 0 saturated carbocycles. The second-order valence-corrected chi connectivity index (χ2v) is 5.03. The molecule has 1 amide bonds. The number of hydrogen-bond donors (Lipinski definition) is 1. The van der Waals surface area contributed by atoms with E-state index in [4.69, 9.17) is 10.5 Å². The second-order valence-electron chi connectivity index (χ2n) is 5.03. The quantitative estimate of drug-likeness (QED) is 0.712. The van der Waals surface area contributed by atoms with E-state index in [1.807, 2.05) is 21.0 Å². The topological polar surface area (TPSA) is 58.8 Å². The smallest absolute Gasteiger partial charge is 0.239 e. The van der Waals surface area contributed by atoms with Crippen LogP contribution in [0.3, 0.4) is 0 Å². The van der Waals surface area contributed by atoms with E-state index >= 15 is 0 Å². The molecule has 0 aromatic rings. The summed E-state index contributed by atoms with van der Waals surface area (Å²) in [4.78, 5) is 16.0. The summed E-state index contributed by atoms with van der Waals surface area (Å²) in [5, 5.41) is 0. The lowest BCUT2D eigenvalue weighted by molar-refractivity contribution is -0.133. The number of nitrogens with zero attached hydrogens (tertiary/aromatic N) is 2. The predicted molar refractivity (Wildman–Crippen MR) is 72.4 cm³/mol. The van der Waals surface area contributed by atoms with Gasteiger partial charge in [-0.15, -0.1) is 0 Å². The molecule has 0 aliphatic carbocycles. The van der Waals surface area contributed by atoms with Crippen LogP contribution in [-0.2, 0) is 9.53 Å². The fourth-order valence-corrected chi connectivity index (χ4v) is 2.49. The SMILES string of the molecule is CCOC(CN)CCN1CCCC1C(=O)N(C)C. The zero-order chi connectivity index (χ0) is 13.5. The minimum absolute atomic E-state index is 0.0556. The highest BCUT2D eigenvalue weighted by molar-refractivity contribution is 5.81. The van der Waals surface area contributed by atoms with Crippen molar-refractivity contribution in [1.82, 2.24) is 9.80 Å². The van der Waals surface area contributed by atoms with Crippen LogP contribution in [0.15, 0.2) is 0 Å². The zero-order valence-corrected chi connectivity index (χ0v) is 11.9. The molecule has 1 rings (SSSR count). The average molecular weight is 257 g/mol. The van der Waals surface area contributed by atoms with Crippen LogP contribution in [0.1, 0.15) is 26.2 Å². The fourth-order valence-electron chi connectivity index (χ4n) is 2.49. The average Bonchev–Trinajstić information content (AvgIpc) is 2.81. The van der Waals surface area contributed by atoms with Gasteiger partial charge >= 0.3 is 0 Å². The van der Waals surface area contributed by atoms with Crippen LogP contribution in [-0.4, -0.2) is 68.2 Å². The number of likely N-dealkylation sites (tertiary alicyclic amines) is 1. The van der Waals surface area contributed by atoms with Gasteiger partial charge in [-0.05, 0) is 32.7 Å². The van der Waals surface area contributed by atoms with Gasteiger partial charge in [-0.25, -0.2) is 0 Å². The number of ether oxygens (including phenoxy) is 1. The van der Waals surface area contributed by atoms with Gasteiger partial charge in [-0.2, -0.15) is 0 Å². The Hall–Kier alpha value is -0.650. The Morgan fingerprint density at radius 3 is 2.83 bits per heavy atom. The highest BCUT2D eigenvalue weighted by Gasteiger charge is 2.31. The molecule has 1 saturated heterocycles. The molecule has 2 unspecified atom stereocenters. The summed E-state index contributed by atoms with van der Waals surface area (Å²) >= 11 is 0. The summed E-state index contributed by atoms with van der Waals surface area (Å²) in [6.07, 6.45) is 3.10. The number of carbonyl (C=O) groups is 1. The monoisotopic (exact) mass is 257 g/mol. The van der Waals surface area contributed by atoms with Crippen LogP contribution >= 0.6 is 0 Å². The predicted octanol–water partition coefficient (Wildman–Crippen LogP) is 0.293. The van der Waals surface area contributed by atoms with Crippen LogP contribution in [0.2, 0.25) is 0 Å². The molecule has 5 nitrogen and oxygen atoms in total. The molecule has 2 atom stereocenters. The number of likely N-dealkylation sites (N-methyl/N-ethyl adjacent to an activating group) is 1. The Labute approximate surface area is 110 Å². The Balaban J connectivity index is 2.42. The lowest BCUT2D eigenvalue weighted by Gasteiger charge is -2.27. The van der Waals surface area contributed by atoms with E-state index in [0.717, 1.165) is 32.4 Å². The number of carbonyl (C=O) groups excluding carboxylic acids is 1. The van der Waals surface area contributed by atoms with Gasteiger partial charge < -0.3 is 15.4 Å². The second kappa shape index (κ2) is 7.71. The van der Waals surface area contributed by atoms with E-state index in [9.17, 15) is 4.79 Å². The molecule has 2 N–H and O–H groups in total. The molecule has 18 heavy (non-hydrogen) atoms. The molecule has 1 aliphatic rings. The van der Waals surface area contributed by atoms with Crippen molar-refractivity contribution in [2.75, 3.05) is 40.3 Å². The molecule has 0 bridgehead atoms. The maximum Gasteiger partial charge on any atom is 0.239 e. The molecule has 0 aromatic heterocycles. The lowest BCUT2D eigenvalue weighted by atomic mass is 10.2. The number of nitrogens with two attached hydrogens (primary N) is 1. The number of rotatable bonds is 7. The Morgan fingerprint density at radius 1 is 1.56 bits per heavy atom. The maximum atomic E-state index is 12.0. The van der Waals surface area contributed by atoms with Crippen LogP contribution in [0.25, 0.3) is 0 Å². The molecule has 1 aliphatic heterocycles. The van der Waals surface area contributed by atoms with Crippen molar-refractivity contribution in [3.05, 3.63) is 0 Å². The molecular weight excluding hydrogens is 230 g/mol. The summed E-state index contributed by atoms with van der Waals surface area (Å²) < 4.78 is 5.55. The Morgan fingerprint density at radius 2 is 2.28 bits per heavy atom. The van der Waals surface area contributed by atoms with E-state index in [1.165, 1.54) is 0 Å². The Bertz CT molecular complexity index is 259. The number of hydrogen-bond acceptors (Lipinski definition) is 4. The summed E-state index contributed by atoms with van der Waals surface area (Å²) in [7, 11) is 3.64. The van der Waals surface area contributed by atoms with Crippen molar-refractivity contribution in [1.29, 1.82) is 0 Å². The third-order valence-electron chi connectivity index (χ3n) is 3.49. The molecule has 5 heteroatoms. The summed E-state index contributed by atoms with van der Waals surface area (Å²) in [5.41, 5.74) is 5.67. The van der Waals surface area contributed by atoms with Crippen molar-refractivity contribution in [3.8, 4) is 0 Å². The Kier molecular flexibility index (Phi) is 6.60. The van der Waals surface area contributed by atoms with Crippen molar-refractivity contribution >= 4 is 5.91 Å². The maximum absolute atomic E-state index is 12.0. The van der Waals surface area contributed by atoms with Crippen molar-refractivity contribution in [2.45, 2.75) is 38.3 Å². The fraction of sp³-hybridized carbons (Fsp3) is 0.923. The zero-order valence-electron chi connectivity index (χ0n) is 11.9. The highest BCUT2D eigenvalue weighted by Crippen LogP contribution is 2.19. The highest BCUT2D eigenvalue weighted by atomic mass is 16.5. The van der Waals surface area contributed by atoms with Crippen molar-refractivity contribution in [3.63, 3.8) is 0 Å². The van der Waals surface area contributed by atoms with E-state index in [-0.39, 0.29) is 18.1 Å². The molecule has 0 aromatic carbocycles. The van der Waals surface area contributed by atoms with Gasteiger partial charge in [0.25, 0.3) is 0 Å². The summed E-state index contributed by atoms with van der Waals surface area (Å²) in [6.45, 7) is 5.13. The van der Waals surface area contributed by atoms with Gasteiger partial charge in [0.15, 0.2) is 0 Å². The lowest BCUT2D eigenvalue weighted by Crippen LogP contribution is -2.44. The molecule has 0 radical (unpaired) electrons. The van der Waals surface area contributed by atoms with E-state index < -0.39 is 0 Å². The third-order valence-corrected chi connectivity index (χ3v) is 3.49. The normalized spacial score (nSPS) is 22.1. The van der Waals surface area contributed by atoms with Gasteiger partial charge in [0.2, 0.25) is 5.91 Å². The van der Waals surface area contributed by atoms with Gasteiger partial charge in [-0.1, -0.05) is 0 Å². The van der Waals surface area contributed by atoms with Crippen LogP contribution < -0.4 is 5.73 Å². The van der Waals surface area contributed by atoms with Gasteiger partial charge in [0, 0.05) is 33.8 Å². The summed E-state index contributed by atoms with van der Waals surface area (Å²) in [5.74, 6) is 0.216. The van der Waals surface area contributed by atoms with E-state index in [0.29, 0.717) is 13.2 Å². The first-order valence-electron chi connectivity index (χ1n) is 6.87. The van der Waals surface area contributed by atoms with Crippen LogP contribution in [0, 0.1) is 0 Å². The molecule has 1 fully saturated rings. The summed E-state index contributed by atoms with van der Waals surface area (Å²) in [6, 6.07) is 0.0556. The first-order valence-corrected chi connectivity index (χ1v) is 6.87. The standard InChI is InChI=1S/C13H27N3O2/c1-4-18-11(10-14)7-9-16-8-5-6-12(16)13(17)15(2)3/h11-12H,4-10,14H2,1-3H3. The first kappa shape index (κ1) is 15.4. The van der Waals surface area contributed by atoms with Crippen LogP contribution in [0.5, 0.6) is 0 Å². The first-order chi connectivity index (χ1) is 8.60.